The van der Waals surface area contributed by atoms with E-state index >= 15 is 0 Å². The van der Waals surface area contributed by atoms with E-state index in [0.717, 1.165) is 38.9 Å². The second kappa shape index (κ2) is 9.25. The Morgan fingerprint density at radius 1 is 1.11 bits per heavy atom. The molecule has 0 amide bonds. The van der Waals surface area contributed by atoms with E-state index in [1.54, 1.807) is 19.2 Å². The van der Waals surface area contributed by atoms with E-state index in [2.05, 4.69) is 36.1 Å². The standard InChI is InChI=1S/C23H28FNO2/c1-3-17-4-6-18(7-5-17)22(27-2)16-25-14-12-20(13-15-25)23(26)19-8-10-21(24)11-9-19/h4-11,20,22H,3,12-16H2,1-2H3. The molecule has 0 N–H and O–H groups in total. The molecule has 144 valence electrons. The molecule has 0 spiro atoms. The number of benzene rings is 2. The van der Waals surface area contributed by atoms with Gasteiger partial charge >= 0.3 is 0 Å². The molecule has 1 saturated heterocycles. The summed E-state index contributed by atoms with van der Waals surface area (Å²) in [7, 11) is 1.75. The van der Waals surface area contributed by atoms with E-state index in [9.17, 15) is 9.18 Å². The van der Waals surface area contributed by atoms with Gasteiger partial charge in [0.1, 0.15) is 5.82 Å². The summed E-state index contributed by atoms with van der Waals surface area (Å²) < 4.78 is 18.8. The van der Waals surface area contributed by atoms with Gasteiger partial charge in [0.15, 0.2) is 5.78 Å². The lowest BCUT2D eigenvalue weighted by atomic mass is 9.88. The number of likely N-dealkylation sites (tertiary alicyclic amines) is 1. The highest BCUT2D eigenvalue weighted by molar-refractivity contribution is 5.97. The highest BCUT2D eigenvalue weighted by atomic mass is 19.1. The number of hydrogen-bond acceptors (Lipinski definition) is 3. The van der Waals surface area contributed by atoms with Gasteiger partial charge in [-0.25, -0.2) is 4.39 Å². The minimum absolute atomic E-state index is 0.0246. The Kier molecular flexibility index (Phi) is 6.75. The molecule has 2 aromatic carbocycles. The van der Waals surface area contributed by atoms with Crippen molar-refractivity contribution in [3.8, 4) is 0 Å². The fourth-order valence-electron chi connectivity index (χ4n) is 3.75. The van der Waals surface area contributed by atoms with Crippen LogP contribution in [0.4, 0.5) is 4.39 Å². The first kappa shape index (κ1) is 19.7. The van der Waals surface area contributed by atoms with Crippen LogP contribution in [0.25, 0.3) is 0 Å². The zero-order chi connectivity index (χ0) is 19.2. The summed E-state index contributed by atoms with van der Waals surface area (Å²) in [5, 5.41) is 0. The fraction of sp³-hybridized carbons (Fsp3) is 0.435. The van der Waals surface area contributed by atoms with E-state index in [4.69, 9.17) is 4.74 Å². The molecule has 1 atom stereocenters. The van der Waals surface area contributed by atoms with Gasteiger partial charge in [-0.15, -0.1) is 0 Å². The molecule has 2 aromatic rings. The van der Waals surface area contributed by atoms with E-state index < -0.39 is 0 Å². The molecule has 1 heterocycles. The number of carbonyl (C=O) groups is 1. The fourth-order valence-corrected chi connectivity index (χ4v) is 3.75. The van der Waals surface area contributed by atoms with Crippen LogP contribution >= 0.6 is 0 Å². The van der Waals surface area contributed by atoms with Crippen LogP contribution in [0.1, 0.15) is 47.4 Å². The van der Waals surface area contributed by atoms with Crippen LogP contribution in [-0.4, -0.2) is 37.4 Å². The smallest absolute Gasteiger partial charge is 0.166 e. The average molecular weight is 369 g/mol. The molecule has 27 heavy (non-hydrogen) atoms. The third kappa shape index (κ3) is 5.02. The molecule has 0 aromatic heterocycles. The Bertz CT molecular complexity index is 734. The van der Waals surface area contributed by atoms with Gasteiger partial charge in [-0.1, -0.05) is 31.2 Å². The lowest BCUT2D eigenvalue weighted by Gasteiger charge is -2.33. The zero-order valence-corrected chi connectivity index (χ0v) is 16.2. The molecular weight excluding hydrogens is 341 g/mol. The average Bonchev–Trinajstić information content (AvgIpc) is 2.72. The monoisotopic (exact) mass is 369 g/mol. The zero-order valence-electron chi connectivity index (χ0n) is 16.2. The summed E-state index contributed by atoms with van der Waals surface area (Å²) >= 11 is 0. The molecule has 0 aliphatic carbocycles. The number of ketones is 1. The van der Waals surface area contributed by atoms with Crippen molar-refractivity contribution in [2.75, 3.05) is 26.7 Å². The van der Waals surface area contributed by atoms with Crippen molar-refractivity contribution >= 4 is 5.78 Å². The summed E-state index contributed by atoms with van der Waals surface area (Å²) in [5.41, 5.74) is 3.13. The lowest BCUT2D eigenvalue weighted by molar-refractivity contribution is 0.0485. The van der Waals surface area contributed by atoms with Crippen molar-refractivity contribution in [1.82, 2.24) is 4.90 Å². The molecule has 3 rings (SSSR count). The van der Waals surface area contributed by atoms with Crippen LogP contribution in [0.15, 0.2) is 48.5 Å². The second-order valence-electron chi connectivity index (χ2n) is 7.27. The second-order valence-corrected chi connectivity index (χ2v) is 7.27. The van der Waals surface area contributed by atoms with E-state index in [0.29, 0.717) is 5.56 Å². The molecule has 0 radical (unpaired) electrons. The van der Waals surface area contributed by atoms with Crippen LogP contribution in [0.2, 0.25) is 0 Å². The number of carbonyl (C=O) groups excluding carboxylic acids is 1. The SMILES string of the molecule is CCc1ccc(C(CN2CCC(C(=O)c3ccc(F)cc3)CC2)OC)cc1. The number of halogens is 1. The largest absolute Gasteiger partial charge is 0.375 e. The molecule has 1 aliphatic heterocycles. The normalized spacial score (nSPS) is 17.0. The van der Waals surface area contributed by atoms with Gasteiger partial charge in [-0.05, 0) is 67.7 Å². The van der Waals surface area contributed by atoms with Gasteiger partial charge in [-0.2, -0.15) is 0 Å². The van der Waals surface area contributed by atoms with Crippen LogP contribution in [0, 0.1) is 11.7 Å². The number of nitrogens with zero attached hydrogens (tertiary/aromatic N) is 1. The summed E-state index contributed by atoms with van der Waals surface area (Å²) in [5.74, 6) is -0.149. The molecule has 0 saturated carbocycles. The van der Waals surface area contributed by atoms with Crippen LogP contribution < -0.4 is 0 Å². The summed E-state index contributed by atoms with van der Waals surface area (Å²) in [6, 6.07) is 14.5. The predicted molar refractivity (Wildman–Crippen MR) is 105 cm³/mol. The van der Waals surface area contributed by atoms with Crippen molar-refractivity contribution in [1.29, 1.82) is 0 Å². The topological polar surface area (TPSA) is 29.5 Å². The maximum atomic E-state index is 13.1. The first-order chi connectivity index (χ1) is 13.1. The third-order valence-corrected chi connectivity index (χ3v) is 5.56. The quantitative estimate of drug-likeness (QED) is 0.664. The van der Waals surface area contributed by atoms with Crippen molar-refractivity contribution < 1.29 is 13.9 Å². The molecule has 3 nitrogen and oxygen atoms in total. The molecule has 4 heteroatoms. The van der Waals surface area contributed by atoms with Gasteiger partial charge < -0.3 is 9.64 Å². The number of hydrogen-bond donors (Lipinski definition) is 0. The maximum Gasteiger partial charge on any atom is 0.166 e. The number of piperidine rings is 1. The van der Waals surface area contributed by atoms with E-state index in [1.807, 2.05) is 0 Å². The van der Waals surface area contributed by atoms with Crippen LogP contribution in [-0.2, 0) is 11.2 Å². The Balaban J connectivity index is 1.54. The minimum atomic E-state index is -0.307. The van der Waals surface area contributed by atoms with Crippen molar-refractivity contribution in [3.05, 3.63) is 71.0 Å². The lowest BCUT2D eigenvalue weighted by Crippen LogP contribution is -2.39. The minimum Gasteiger partial charge on any atom is -0.375 e. The Labute approximate surface area is 161 Å². The number of methoxy groups -OCH3 is 1. The van der Waals surface area contributed by atoms with Gasteiger partial charge in [0.25, 0.3) is 0 Å². The van der Waals surface area contributed by atoms with Crippen molar-refractivity contribution in [2.24, 2.45) is 5.92 Å². The molecule has 1 fully saturated rings. The number of ether oxygens (including phenoxy) is 1. The Morgan fingerprint density at radius 2 is 1.74 bits per heavy atom. The highest BCUT2D eigenvalue weighted by Gasteiger charge is 2.27. The molecular formula is C23H28FNO2. The molecule has 1 unspecified atom stereocenters. The molecule has 0 bridgehead atoms. The maximum absolute atomic E-state index is 13.1. The van der Waals surface area contributed by atoms with Gasteiger partial charge in [0.2, 0.25) is 0 Å². The van der Waals surface area contributed by atoms with Crippen LogP contribution in [0.3, 0.4) is 0 Å². The Morgan fingerprint density at radius 3 is 2.30 bits per heavy atom. The van der Waals surface area contributed by atoms with Gasteiger partial charge in [0.05, 0.1) is 6.10 Å². The number of aryl methyl sites for hydroxylation is 1. The van der Waals surface area contributed by atoms with Crippen LogP contribution in [0.5, 0.6) is 0 Å². The van der Waals surface area contributed by atoms with Gasteiger partial charge in [-0.3, -0.25) is 4.79 Å². The number of rotatable bonds is 7. The molecule has 1 aliphatic rings. The first-order valence-electron chi connectivity index (χ1n) is 9.74. The third-order valence-electron chi connectivity index (χ3n) is 5.56. The summed E-state index contributed by atoms with van der Waals surface area (Å²) in [6.45, 7) is 4.74. The van der Waals surface area contributed by atoms with Gasteiger partial charge in [0, 0.05) is 25.1 Å². The van der Waals surface area contributed by atoms with E-state index in [1.165, 1.54) is 23.3 Å². The number of Topliss-reactive ketones (excluding diaryl/α,β-unsaturated/α-hetero) is 1. The van der Waals surface area contributed by atoms with Crippen molar-refractivity contribution in [3.63, 3.8) is 0 Å². The summed E-state index contributed by atoms with van der Waals surface area (Å²) in [4.78, 5) is 15.0. The predicted octanol–water partition coefficient (Wildman–Crippen LogP) is 4.67. The highest BCUT2D eigenvalue weighted by Crippen LogP contribution is 2.25. The van der Waals surface area contributed by atoms with E-state index in [-0.39, 0.29) is 23.6 Å². The van der Waals surface area contributed by atoms with Crippen molar-refractivity contribution in [2.45, 2.75) is 32.3 Å². The first-order valence-corrected chi connectivity index (χ1v) is 9.74. The Hall–Kier alpha value is -2.04. The summed E-state index contributed by atoms with van der Waals surface area (Å²) in [6.07, 6.45) is 2.75.